The molecular formula is C19H24ClN3O5S. The molecule has 2 aromatic rings. The highest BCUT2D eigenvalue weighted by Crippen LogP contribution is 2.31. The van der Waals surface area contributed by atoms with E-state index in [1.54, 1.807) is 12.1 Å². The molecule has 0 bridgehead atoms. The molecule has 1 aliphatic rings. The number of sulfonamides is 1. The fraction of sp³-hybridized carbons (Fsp3) is 0.421. The topological polar surface area (TPSA) is 92.1 Å². The summed E-state index contributed by atoms with van der Waals surface area (Å²) in [6, 6.07) is 7.70. The summed E-state index contributed by atoms with van der Waals surface area (Å²) >= 11 is 5.76. The normalized spacial score (nSPS) is 15.3. The van der Waals surface area contributed by atoms with E-state index in [1.165, 1.54) is 22.5 Å². The third kappa shape index (κ3) is 4.75. The van der Waals surface area contributed by atoms with Gasteiger partial charge in [0, 0.05) is 26.2 Å². The molecule has 1 N–H and O–H groups in total. The highest BCUT2D eigenvalue weighted by molar-refractivity contribution is 7.89. The van der Waals surface area contributed by atoms with Gasteiger partial charge < -0.3 is 19.4 Å². The van der Waals surface area contributed by atoms with Crippen molar-refractivity contribution >= 4 is 38.9 Å². The first-order chi connectivity index (χ1) is 13.9. The van der Waals surface area contributed by atoms with Crippen molar-refractivity contribution in [3.8, 4) is 0 Å². The Balaban J connectivity index is 1.98. The second kappa shape index (κ2) is 9.17. The Morgan fingerprint density at radius 2 is 1.86 bits per heavy atom. The van der Waals surface area contributed by atoms with Crippen LogP contribution in [0.5, 0.6) is 0 Å². The minimum Gasteiger partial charge on any atom is -0.440 e. The first kappa shape index (κ1) is 21.6. The van der Waals surface area contributed by atoms with Crippen molar-refractivity contribution in [1.82, 2.24) is 4.31 Å². The van der Waals surface area contributed by atoms with Crippen LogP contribution in [0.4, 0.5) is 11.4 Å². The Morgan fingerprint density at radius 1 is 1.17 bits per heavy atom. The summed E-state index contributed by atoms with van der Waals surface area (Å²) in [4.78, 5) is 14.7. The van der Waals surface area contributed by atoms with E-state index < -0.39 is 15.9 Å². The molecule has 1 aromatic heterocycles. The van der Waals surface area contributed by atoms with Crippen molar-refractivity contribution < 1.29 is 22.4 Å². The molecule has 0 unspecified atom stereocenters. The first-order valence-corrected chi connectivity index (χ1v) is 11.2. The number of hydrogen-bond acceptors (Lipinski definition) is 6. The highest BCUT2D eigenvalue weighted by Gasteiger charge is 2.28. The molecule has 8 nitrogen and oxygen atoms in total. The molecule has 0 spiro atoms. The summed E-state index contributed by atoms with van der Waals surface area (Å²) in [5.41, 5.74) is 1.11. The van der Waals surface area contributed by atoms with E-state index in [0.29, 0.717) is 45.1 Å². The first-order valence-electron chi connectivity index (χ1n) is 9.40. The van der Waals surface area contributed by atoms with Crippen LogP contribution < -0.4 is 10.2 Å². The Hall–Kier alpha value is -2.07. The Kier molecular flexibility index (Phi) is 6.84. The van der Waals surface area contributed by atoms with Crippen LogP contribution in [0, 0.1) is 0 Å². The van der Waals surface area contributed by atoms with Crippen LogP contribution >= 0.6 is 11.6 Å². The second-order valence-corrected chi connectivity index (χ2v) is 8.74. The Labute approximate surface area is 175 Å². The van der Waals surface area contributed by atoms with Crippen LogP contribution in [-0.2, 0) is 14.8 Å². The number of carbonyl (C=O) groups excluding carboxylic acids is 1. The number of furan rings is 1. The molecule has 3 rings (SSSR count). The maximum Gasteiger partial charge on any atom is 0.291 e. The van der Waals surface area contributed by atoms with Crippen LogP contribution in [0.1, 0.15) is 24.4 Å². The van der Waals surface area contributed by atoms with Crippen molar-refractivity contribution in [3.63, 3.8) is 0 Å². The molecule has 1 fully saturated rings. The SMILES string of the molecule is CCN(CC)c1ccc(S(=O)(=O)N2CCOCC2)cc1NC(=O)c1ccc(Cl)o1. The number of benzene rings is 1. The molecule has 0 saturated carbocycles. The number of halogens is 1. The number of morpholine rings is 1. The third-order valence-electron chi connectivity index (χ3n) is 4.73. The fourth-order valence-electron chi connectivity index (χ4n) is 3.17. The number of carbonyl (C=O) groups is 1. The summed E-state index contributed by atoms with van der Waals surface area (Å²) in [5, 5.41) is 2.86. The van der Waals surface area contributed by atoms with Gasteiger partial charge in [-0.15, -0.1) is 0 Å². The zero-order chi connectivity index (χ0) is 21.0. The average molecular weight is 442 g/mol. The number of amides is 1. The Morgan fingerprint density at radius 3 is 2.45 bits per heavy atom. The molecular weight excluding hydrogens is 418 g/mol. The van der Waals surface area contributed by atoms with Crippen molar-refractivity contribution in [1.29, 1.82) is 0 Å². The smallest absolute Gasteiger partial charge is 0.291 e. The van der Waals surface area contributed by atoms with Crippen LogP contribution in [0.15, 0.2) is 39.6 Å². The predicted octanol–water partition coefficient (Wildman–Crippen LogP) is 3.05. The van der Waals surface area contributed by atoms with Crippen molar-refractivity contribution in [2.45, 2.75) is 18.7 Å². The number of nitrogens with one attached hydrogen (secondary N) is 1. The minimum absolute atomic E-state index is 0.0435. The van der Waals surface area contributed by atoms with Gasteiger partial charge in [-0.2, -0.15) is 4.31 Å². The lowest BCUT2D eigenvalue weighted by Gasteiger charge is -2.28. The molecule has 0 aliphatic carbocycles. The summed E-state index contributed by atoms with van der Waals surface area (Å²) < 4.78 is 37.9. The van der Waals surface area contributed by atoms with Gasteiger partial charge in [0.15, 0.2) is 11.0 Å². The molecule has 2 heterocycles. The van der Waals surface area contributed by atoms with Gasteiger partial charge in [-0.25, -0.2) is 8.42 Å². The maximum atomic E-state index is 13.0. The van der Waals surface area contributed by atoms with Crippen LogP contribution in [0.25, 0.3) is 0 Å². The van der Waals surface area contributed by atoms with E-state index in [0.717, 1.165) is 5.69 Å². The minimum atomic E-state index is -3.70. The fourth-order valence-corrected chi connectivity index (χ4v) is 4.75. The Bertz CT molecular complexity index is 966. The molecule has 0 radical (unpaired) electrons. The molecule has 10 heteroatoms. The quantitative estimate of drug-likeness (QED) is 0.710. The van der Waals surface area contributed by atoms with E-state index in [4.69, 9.17) is 20.8 Å². The standard InChI is InChI=1S/C19H24ClN3O5S/c1-3-22(4-2)16-6-5-14(29(25,26)23-9-11-27-12-10-23)13-15(16)21-19(24)17-7-8-18(20)28-17/h5-8,13H,3-4,9-12H2,1-2H3,(H,21,24). The highest BCUT2D eigenvalue weighted by atomic mass is 35.5. The van der Waals surface area contributed by atoms with Crippen molar-refractivity contribution in [2.75, 3.05) is 49.6 Å². The second-order valence-electron chi connectivity index (χ2n) is 6.43. The lowest BCUT2D eigenvalue weighted by molar-refractivity contribution is 0.0730. The summed E-state index contributed by atoms with van der Waals surface area (Å²) in [7, 11) is -3.70. The third-order valence-corrected chi connectivity index (χ3v) is 6.82. The van der Waals surface area contributed by atoms with Gasteiger partial charge in [0.25, 0.3) is 5.91 Å². The zero-order valence-electron chi connectivity index (χ0n) is 16.4. The van der Waals surface area contributed by atoms with Gasteiger partial charge in [-0.05, 0) is 55.8 Å². The van der Waals surface area contributed by atoms with Gasteiger partial charge in [0.05, 0.1) is 29.5 Å². The van der Waals surface area contributed by atoms with Gasteiger partial charge in [-0.3, -0.25) is 4.79 Å². The molecule has 0 atom stereocenters. The lowest BCUT2D eigenvalue weighted by Crippen LogP contribution is -2.40. The van der Waals surface area contributed by atoms with Crippen LogP contribution in [-0.4, -0.2) is 58.0 Å². The lowest BCUT2D eigenvalue weighted by atomic mass is 10.2. The molecule has 29 heavy (non-hydrogen) atoms. The average Bonchev–Trinajstić information content (AvgIpc) is 3.17. The number of rotatable bonds is 7. The molecule has 1 aliphatic heterocycles. The maximum absolute atomic E-state index is 13.0. The number of nitrogens with zero attached hydrogens (tertiary/aromatic N) is 2. The number of hydrogen-bond donors (Lipinski definition) is 1. The van der Waals surface area contributed by atoms with Crippen molar-refractivity contribution in [2.24, 2.45) is 0 Å². The van der Waals surface area contributed by atoms with E-state index in [-0.39, 0.29) is 15.9 Å². The van der Waals surface area contributed by atoms with E-state index in [2.05, 4.69) is 5.32 Å². The summed E-state index contributed by atoms with van der Waals surface area (Å²) in [5.74, 6) is -0.465. The largest absolute Gasteiger partial charge is 0.440 e. The van der Waals surface area contributed by atoms with E-state index in [9.17, 15) is 13.2 Å². The van der Waals surface area contributed by atoms with Crippen LogP contribution in [0.2, 0.25) is 5.22 Å². The summed E-state index contributed by atoms with van der Waals surface area (Å²) in [6.45, 7) is 6.68. The molecule has 158 valence electrons. The molecule has 1 amide bonds. The molecule has 1 aromatic carbocycles. The number of anilines is 2. The predicted molar refractivity (Wildman–Crippen MR) is 111 cm³/mol. The summed E-state index contributed by atoms with van der Waals surface area (Å²) in [6.07, 6.45) is 0. The van der Waals surface area contributed by atoms with Gasteiger partial charge in [0.1, 0.15) is 0 Å². The molecule has 1 saturated heterocycles. The van der Waals surface area contributed by atoms with Crippen molar-refractivity contribution in [3.05, 3.63) is 41.3 Å². The van der Waals surface area contributed by atoms with Gasteiger partial charge >= 0.3 is 0 Å². The van der Waals surface area contributed by atoms with Gasteiger partial charge in [0.2, 0.25) is 10.0 Å². The number of ether oxygens (including phenoxy) is 1. The monoisotopic (exact) mass is 441 g/mol. The zero-order valence-corrected chi connectivity index (χ0v) is 17.9. The van der Waals surface area contributed by atoms with E-state index in [1.807, 2.05) is 18.7 Å². The van der Waals surface area contributed by atoms with Gasteiger partial charge in [-0.1, -0.05) is 0 Å². The van der Waals surface area contributed by atoms with Crippen LogP contribution in [0.3, 0.4) is 0 Å². The van der Waals surface area contributed by atoms with E-state index >= 15 is 0 Å².